The van der Waals surface area contributed by atoms with Gasteiger partial charge in [0.25, 0.3) is 0 Å². The summed E-state index contributed by atoms with van der Waals surface area (Å²) in [6, 6.07) is 9.37. The fraction of sp³-hybridized carbons (Fsp3) is 0.333. The van der Waals surface area contributed by atoms with Crippen LogP contribution in [0.4, 0.5) is 5.69 Å². The van der Waals surface area contributed by atoms with Crippen molar-refractivity contribution in [1.29, 1.82) is 0 Å². The zero-order chi connectivity index (χ0) is 14.7. The molecule has 2 N–H and O–H groups in total. The van der Waals surface area contributed by atoms with E-state index in [-0.39, 0.29) is 18.1 Å². The zero-order valence-electron chi connectivity index (χ0n) is 11.9. The summed E-state index contributed by atoms with van der Waals surface area (Å²) in [5.41, 5.74) is 1.49. The smallest absolute Gasteiger partial charge is 0.250 e. The molecule has 0 aliphatic carbocycles. The van der Waals surface area contributed by atoms with Crippen LogP contribution in [0, 0.1) is 0 Å². The lowest BCUT2D eigenvalue weighted by Crippen LogP contribution is -2.59. The molecule has 1 aliphatic rings. The van der Waals surface area contributed by atoms with Crippen LogP contribution in [-0.2, 0) is 9.53 Å². The van der Waals surface area contributed by atoms with Gasteiger partial charge >= 0.3 is 0 Å². The third kappa shape index (κ3) is 3.29. The number of nitrogens with zero attached hydrogens (tertiary/aromatic N) is 2. The summed E-state index contributed by atoms with van der Waals surface area (Å²) in [5.74, 6) is -0.144. The second-order valence-electron chi connectivity index (χ2n) is 5.39. The van der Waals surface area contributed by atoms with Gasteiger partial charge in [-0.25, -0.2) is 4.68 Å². The summed E-state index contributed by atoms with van der Waals surface area (Å²) < 4.78 is 7.36. The van der Waals surface area contributed by atoms with Crippen LogP contribution < -0.4 is 10.6 Å². The Morgan fingerprint density at radius 3 is 2.76 bits per heavy atom. The number of nitrogens with one attached hydrogen (secondary N) is 2. The Morgan fingerprint density at radius 1 is 1.43 bits per heavy atom. The van der Waals surface area contributed by atoms with Crippen LogP contribution in [0.1, 0.15) is 6.92 Å². The van der Waals surface area contributed by atoms with Crippen LogP contribution in [-0.4, -0.2) is 41.0 Å². The molecule has 2 aromatic rings. The van der Waals surface area contributed by atoms with Crippen LogP contribution in [0.3, 0.4) is 0 Å². The molecule has 0 bridgehead atoms. The number of anilines is 1. The Labute approximate surface area is 123 Å². The van der Waals surface area contributed by atoms with Crippen molar-refractivity contribution < 1.29 is 9.53 Å². The van der Waals surface area contributed by atoms with Crippen molar-refractivity contribution >= 4 is 11.6 Å². The summed E-state index contributed by atoms with van der Waals surface area (Å²) >= 11 is 0. The van der Waals surface area contributed by atoms with Crippen molar-refractivity contribution in [2.45, 2.75) is 12.5 Å². The van der Waals surface area contributed by atoms with Crippen molar-refractivity contribution in [3.05, 3.63) is 42.7 Å². The first-order valence-corrected chi connectivity index (χ1v) is 6.89. The van der Waals surface area contributed by atoms with Gasteiger partial charge in [-0.05, 0) is 37.3 Å². The quantitative estimate of drug-likeness (QED) is 0.866. The van der Waals surface area contributed by atoms with E-state index in [4.69, 9.17) is 4.74 Å². The SMILES string of the molecule is CC1(OCC(=O)Nc2ccc(-n3cccn3)cc2)CNC1. The molecule has 21 heavy (non-hydrogen) atoms. The molecule has 1 amide bonds. The highest BCUT2D eigenvalue weighted by Gasteiger charge is 2.32. The molecule has 0 spiro atoms. The van der Waals surface area contributed by atoms with E-state index in [1.54, 1.807) is 10.9 Å². The molecule has 0 radical (unpaired) electrons. The molecule has 3 rings (SSSR count). The topological polar surface area (TPSA) is 68.2 Å². The van der Waals surface area contributed by atoms with E-state index >= 15 is 0 Å². The molecule has 2 heterocycles. The van der Waals surface area contributed by atoms with Crippen molar-refractivity contribution in [2.75, 3.05) is 25.0 Å². The maximum Gasteiger partial charge on any atom is 0.250 e. The number of carbonyl (C=O) groups is 1. The van der Waals surface area contributed by atoms with Gasteiger partial charge in [0.15, 0.2) is 0 Å². The number of benzene rings is 1. The monoisotopic (exact) mass is 286 g/mol. The third-order valence-corrected chi connectivity index (χ3v) is 3.47. The van der Waals surface area contributed by atoms with Crippen molar-refractivity contribution in [2.24, 2.45) is 0 Å². The van der Waals surface area contributed by atoms with Crippen molar-refractivity contribution in [3.63, 3.8) is 0 Å². The second kappa shape index (κ2) is 5.67. The summed E-state index contributed by atoms with van der Waals surface area (Å²) in [4.78, 5) is 11.8. The third-order valence-electron chi connectivity index (χ3n) is 3.47. The predicted octanol–water partition coefficient (Wildman–Crippen LogP) is 1.19. The van der Waals surface area contributed by atoms with Crippen molar-refractivity contribution in [1.82, 2.24) is 15.1 Å². The van der Waals surface area contributed by atoms with Crippen LogP contribution in [0.5, 0.6) is 0 Å². The molecule has 0 atom stereocenters. The van der Waals surface area contributed by atoms with Gasteiger partial charge in [-0.3, -0.25) is 4.79 Å². The molecule has 0 unspecified atom stereocenters. The molecule has 1 fully saturated rings. The van der Waals surface area contributed by atoms with Gasteiger partial charge in [0.2, 0.25) is 5.91 Å². The summed E-state index contributed by atoms with van der Waals surface area (Å²) in [5, 5.41) is 10.1. The second-order valence-corrected chi connectivity index (χ2v) is 5.39. The van der Waals surface area contributed by atoms with Gasteiger partial charge < -0.3 is 15.4 Å². The molecular formula is C15H18N4O2. The average Bonchev–Trinajstić information content (AvgIpc) is 2.98. The van der Waals surface area contributed by atoms with E-state index in [0.29, 0.717) is 0 Å². The normalized spacial score (nSPS) is 16.2. The van der Waals surface area contributed by atoms with Gasteiger partial charge in [-0.1, -0.05) is 0 Å². The van der Waals surface area contributed by atoms with Gasteiger partial charge in [0, 0.05) is 31.2 Å². The number of amides is 1. The van der Waals surface area contributed by atoms with Gasteiger partial charge in [-0.15, -0.1) is 0 Å². The minimum atomic E-state index is -0.207. The Kier molecular flexibility index (Phi) is 3.72. The van der Waals surface area contributed by atoms with Crippen LogP contribution in [0.25, 0.3) is 5.69 Å². The molecule has 1 saturated heterocycles. The Hall–Kier alpha value is -2.18. The molecule has 1 aromatic heterocycles. The first-order valence-electron chi connectivity index (χ1n) is 6.89. The van der Waals surface area contributed by atoms with E-state index in [0.717, 1.165) is 24.5 Å². The van der Waals surface area contributed by atoms with Crippen LogP contribution in [0.15, 0.2) is 42.7 Å². The maximum atomic E-state index is 11.8. The zero-order valence-corrected chi connectivity index (χ0v) is 11.9. The largest absolute Gasteiger partial charge is 0.363 e. The molecule has 1 aromatic carbocycles. The van der Waals surface area contributed by atoms with Gasteiger partial charge in [0.05, 0.1) is 11.3 Å². The standard InChI is InChI=1S/C15H18N4O2/c1-15(10-16-11-15)21-9-14(20)18-12-3-5-13(6-4-12)19-8-2-7-17-19/h2-8,16H,9-11H2,1H3,(H,18,20). The van der Waals surface area contributed by atoms with E-state index in [1.807, 2.05) is 43.5 Å². The number of hydrogen-bond donors (Lipinski definition) is 2. The molecule has 6 heteroatoms. The molecule has 0 saturated carbocycles. The molecular weight excluding hydrogens is 268 g/mol. The summed E-state index contributed by atoms with van der Waals surface area (Å²) in [7, 11) is 0. The minimum Gasteiger partial charge on any atom is -0.363 e. The Morgan fingerprint density at radius 2 is 2.19 bits per heavy atom. The fourth-order valence-corrected chi connectivity index (χ4v) is 2.14. The predicted molar refractivity (Wildman–Crippen MR) is 79.4 cm³/mol. The Balaban J connectivity index is 1.54. The highest BCUT2D eigenvalue weighted by Crippen LogP contribution is 2.16. The number of aromatic nitrogens is 2. The van der Waals surface area contributed by atoms with Crippen LogP contribution >= 0.6 is 0 Å². The molecule has 1 aliphatic heterocycles. The number of hydrogen-bond acceptors (Lipinski definition) is 4. The fourth-order valence-electron chi connectivity index (χ4n) is 2.14. The van der Waals surface area contributed by atoms with Crippen molar-refractivity contribution in [3.8, 4) is 5.69 Å². The highest BCUT2D eigenvalue weighted by molar-refractivity contribution is 5.91. The lowest BCUT2D eigenvalue weighted by atomic mass is 10.0. The maximum absolute atomic E-state index is 11.8. The minimum absolute atomic E-state index is 0.0685. The number of rotatable bonds is 5. The van der Waals surface area contributed by atoms with E-state index < -0.39 is 0 Å². The highest BCUT2D eigenvalue weighted by atomic mass is 16.5. The number of ether oxygens (including phenoxy) is 1. The lowest BCUT2D eigenvalue weighted by Gasteiger charge is -2.38. The van der Waals surface area contributed by atoms with E-state index in [1.165, 1.54) is 0 Å². The summed E-state index contributed by atoms with van der Waals surface area (Å²) in [6.45, 7) is 3.65. The van der Waals surface area contributed by atoms with Gasteiger partial charge in [-0.2, -0.15) is 5.10 Å². The molecule has 6 nitrogen and oxygen atoms in total. The summed E-state index contributed by atoms with van der Waals surface area (Å²) in [6.07, 6.45) is 3.59. The molecule has 110 valence electrons. The lowest BCUT2D eigenvalue weighted by molar-refractivity contribution is -0.130. The number of carbonyl (C=O) groups excluding carboxylic acids is 1. The Bertz CT molecular complexity index is 603. The first kappa shape index (κ1) is 13.8. The van der Waals surface area contributed by atoms with E-state index in [9.17, 15) is 4.79 Å². The van der Waals surface area contributed by atoms with Crippen LogP contribution in [0.2, 0.25) is 0 Å². The average molecular weight is 286 g/mol. The first-order chi connectivity index (χ1) is 10.1. The van der Waals surface area contributed by atoms with Gasteiger partial charge in [0.1, 0.15) is 6.61 Å². The van der Waals surface area contributed by atoms with E-state index in [2.05, 4.69) is 15.7 Å².